The Morgan fingerprint density at radius 3 is 2.50 bits per heavy atom. The number of hydrogen-bond acceptors (Lipinski definition) is 7. The van der Waals surface area contributed by atoms with Crippen molar-refractivity contribution in [3.63, 3.8) is 0 Å². The molecule has 2 heterocycles. The van der Waals surface area contributed by atoms with Crippen LogP contribution in [-0.2, 0) is 16.4 Å². The fourth-order valence-corrected chi connectivity index (χ4v) is 4.01. The number of piperazine rings is 1. The minimum absolute atomic E-state index is 0.276. The molecule has 0 unspecified atom stereocenters. The summed E-state index contributed by atoms with van der Waals surface area (Å²) in [5.41, 5.74) is 0.114. The summed E-state index contributed by atoms with van der Waals surface area (Å²) < 4.78 is 50.5. The van der Waals surface area contributed by atoms with E-state index in [-0.39, 0.29) is 17.3 Å². The van der Waals surface area contributed by atoms with E-state index in [1.165, 1.54) is 30.6 Å². The molecule has 28 heavy (non-hydrogen) atoms. The number of alkyl halides is 2. The summed E-state index contributed by atoms with van der Waals surface area (Å²) in [6, 6.07) is 4.02. The van der Waals surface area contributed by atoms with Crippen LogP contribution in [0.25, 0.3) is 0 Å². The lowest BCUT2D eigenvalue weighted by molar-refractivity contribution is -0.387. The number of anilines is 1. The summed E-state index contributed by atoms with van der Waals surface area (Å²) in [6.45, 7) is -0.205. The maximum Gasteiger partial charge on any atom is 0.319 e. The number of nitrogens with zero attached hydrogens (tertiary/aromatic N) is 5. The smallest absolute Gasteiger partial charge is 0.319 e. The zero-order chi connectivity index (χ0) is 20.5. The highest BCUT2D eigenvalue weighted by Crippen LogP contribution is 2.29. The van der Waals surface area contributed by atoms with Gasteiger partial charge in [-0.25, -0.2) is 13.4 Å². The molecule has 0 radical (unpaired) electrons. The van der Waals surface area contributed by atoms with Crippen molar-refractivity contribution in [3.05, 3.63) is 46.5 Å². The van der Waals surface area contributed by atoms with Gasteiger partial charge in [-0.15, -0.1) is 0 Å². The number of sulfone groups is 1. The molecule has 0 bridgehead atoms. The summed E-state index contributed by atoms with van der Waals surface area (Å²) in [5.74, 6) is 0.276. The predicted molar refractivity (Wildman–Crippen MR) is 97.2 cm³/mol. The van der Waals surface area contributed by atoms with Crippen molar-refractivity contribution in [2.45, 2.75) is 18.0 Å². The molecule has 0 aliphatic carbocycles. The van der Waals surface area contributed by atoms with Crippen molar-refractivity contribution in [3.8, 4) is 0 Å². The van der Waals surface area contributed by atoms with Gasteiger partial charge in [0.2, 0.25) is 0 Å². The van der Waals surface area contributed by atoms with Crippen LogP contribution in [0.1, 0.15) is 12.4 Å². The van der Waals surface area contributed by atoms with Gasteiger partial charge >= 0.3 is 6.55 Å². The molecule has 1 aromatic carbocycles. The Kier molecular flexibility index (Phi) is 5.61. The summed E-state index contributed by atoms with van der Waals surface area (Å²) in [7, 11) is -3.76. The maximum atomic E-state index is 12.9. The van der Waals surface area contributed by atoms with Crippen molar-refractivity contribution < 1.29 is 22.1 Å². The Labute approximate surface area is 160 Å². The van der Waals surface area contributed by atoms with Crippen LogP contribution in [0.15, 0.2) is 35.5 Å². The van der Waals surface area contributed by atoms with Gasteiger partial charge in [0, 0.05) is 56.6 Å². The highest BCUT2D eigenvalue weighted by molar-refractivity contribution is 7.90. The third-order valence-electron chi connectivity index (χ3n) is 4.60. The van der Waals surface area contributed by atoms with E-state index in [1.807, 2.05) is 9.80 Å². The van der Waals surface area contributed by atoms with Gasteiger partial charge in [0.15, 0.2) is 9.84 Å². The Morgan fingerprint density at radius 1 is 1.25 bits per heavy atom. The molecular weight excluding hydrogens is 396 g/mol. The zero-order valence-electron chi connectivity index (χ0n) is 15.0. The molecule has 0 atom stereocenters. The number of imidazole rings is 1. The van der Waals surface area contributed by atoms with Gasteiger partial charge in [0.25, 0.3) is 5.69 Å². The van der Waals surface area contributed by atoms with Crippen LogP contribution in [0.2, 0.25) is 0 Å². The van der Waals surface area contributed by atoms with Gasteiger partial charge in [0.05, 0.1) is 11.5 Å². The standard InChI is InChI=1S/C16H19F2N5O4S/c1-28(26,27)14-10-12(2-3-13(14)23(24)25)21-8-6-20(7-9-21)11-15-19-4-5-22(15)16(17)18/h2-5,10,16H,6-9,11H2,1H3. The number of rotatable bonds is 6. The molecule has 1 fully saturated rings. The first-order chi connectivity index (χ1) is 13.2. The number of nitro groups is 1. The highest BCUT2D eigenvalue weighted by atomic mass is 32.2. The van der Waals surface area contributed by atoms with E-state index in [2.05, 4.69) is 4.98 Å². The van der Waals surface area contributed by atoms with E-state index in [4.69, 9.17) is 0 Å². The quantitative estimate of drug-likeness (QED) is 0.525. The Morgan fingerprint density at radius 2 is 1.93 bits per heavy atom. The number of benzene rings is 1. The van der Waals surface area contributed by atoms with Crippen LogP contribution < -0.4 is 4.90 Å². The first kappa shape index (κ1) is 20.1. The maximum absolute atomic E-state index is 12.9. The van der Waals surface area contributed by atoms with Crippen molar-refractivity contribution in [2.24, 2.45) is 0 Å². The molecule has 0 saturated carbocycles. The Hall–Kier alpha value is -2.60. The van der Waals surface area contributed by atoms with Crippen LogP contribution in [0.5, 0.6) is 0 Å². The van der Waals surface area contributed by atoms with Gasteiger partial charge in [0.1, 0.15) is 10.7 Å². The molecule has 9 nitrogen and oxygen atoms in total. The summed E-state index contributed by atoms with van der Waals surface area (Å²) in [5, 5.41) is 11.1. The largest absolute Gasteiger partial charge is 0.369 e. The lowest BCUT2D eigenvalue weighted by Crippen LogP contribution is -2.46. The number of nitro benzene ring substituents is 1. The van der Waals surface area contributed by atoms with Crippen molar-refractivity contribution >= 4 is 21.2 Å². The van der Waals surface area contributed by atoms with Crippen LogP contribution >= 0.6 is 0 Å². The summed E-state index contributed by atoms with van der Waals surface area (Å²) in [4.78, 5) is 17.9. The van der Waals surface area contributed by atoms with Crippen LogP contribution in [0, 0.1) is 10.1 Å². The van der Waals surface area contributed by atoms with E-state index in [0.717, 1.165) is 10.8 Å². The minimum Gasteiger partial charge on any atom is -0.369 e. The molecule has 0 spiro atoms. The third kappa shape index (κ3) is 4.28. The molecular formula is C16H19F2N5O4S. The SMILES string of the molecule is CS(=O)(=O)c1cc(N2CCN(Cc3nccn3C(F)F)CC2)ccc1[N+](=O)[O-]. The van der Waals surface area contributed by atoms with Crippen LogP contribution in [0.4, 0.5) is 20.2 Å². The molecule has 1 aromatic heterocycles. The second-order valence-corrected chi connectivity index (χ2v) is 8.46. The fraction of sp³-hybridized carbons (Fsp3) is 0.438. The average Bonchev–Trinajstić information content (AvgIpc) is 3.09. The van der Waals surface area contributed by atoms with E-state index in [0.29, 0.717) is 31.9 Å². The monoisotopic (exact) mass is 415 g/mol. The molecule has 1 saturated heterocycles. The normalized spacial score (nSPS) is 15.9. The van der Waals surface area contributed by atoms with Gasteiger partial charge in [-0.2, -0.15) is 8.78 Å². The molecule has 12 heteroatoms. The molecule has 1 aliphatic heterocycles. The first-order valence-corrected chi connectivity index (χ1v) is 10.3. The third-order valence-corrected chi connectivity index (χ3v) is 5.73. The Balaban J connectivity index is 1.71. The molecule has 0 N–H and O–H groups in total. The van der Waals surface area contributed by atoms with E-state index < -0.39 is 27.0 Å². The molecule has 2 aromatic rings. The molecule has 152 valence electrons. The average molecular weight is 415 g/mol. The predicted octanol–water partition coefficient (Wildman–Crippen LogP) is 1.91. The minimum atomic E-state index is -3.76. The van der Waals surface area contributed by atoms with Gasteiger partial charge in [-0.05, 0) is 12.1 Å². The number of hydrogen-bond donors (Lipinski definition) is 0. The van der Waals surface area contributed by atoms with Gasteiger partial charge in [-0.1, -0.05) is 0 Å². The van der Waals surface area contributed by atoms with Gasteiger partial charge in [-0.3, -0.25) is 19.6 Å². The fourth-order valence-electron chi connectivity index (χ4n) is 3.16. The second-order valence-electron chi connectivity index (χ2n) is 6.47. The second kappa shape index (κ2) is 7.80. The zero-order valence-corrected chi connectivity index (χ0v) is 15.8. The van der Waals surface area contributed by atoms with Crippen molar-refractivity contribution in [1.29, 1.82) is 0 Å². The van der Waals surface area contributed by atoms with Crippen molar-refractivity contribution in [1.82, 2.24) is 14.5 Å². The van der Waals surface area contributed by atoms with E-state index in [1.54, 1.807) is 0 Å². The topological polar surface area (TPSA) is 102 Å². The summed E-state index contributed by atoms with van der Waals surface area (Å²) in [6.07, 6.45) is 3.50. The number of aromatic nitrogens is 2. The highest BCUT2D eigenvalue weighted by Gasteiger charge is 2.25. The molecule has 0 amide bonds. The van der Waals surface area contributed by atoms with Crippen LogP contribution in [0.3, 0.4) is 0 Å². The first-order valence-electron chi connectivity index (χ1n) is 8.42. The van der Waals surface area contributed by atoms with E-state index >= 15 is 0 Å². The lowest BCUT2D eigenvalue weighted by Gasteiger charge is -2.36. The number of halogens is 2. The van der Waals surface area contributed by atoms with E-state index in [9.17, 15) is 27.3 Å². The van der Waals surface area contributed by atoms with Crippen molar-refractivity contribution in [2.75, 3.05) is 37.3 Å². The van der Waals surface area contributed by atoms with Gasteiger partial charge < -0.3 is 4.90 Å². The molecule has 3 rings (SSSR count). The molecule has 1 aliphatic rings. The van der Waals surface area contributed by atoms with Crippen LogP contribution in [-0.4, -0.2) is 60.2 Å². The lowest BCUT2D eigenvalue weighted by atomic mass is 10.2. The Bertz CT molecular complexity index is 971. The summed E-state index contributed by atoms with van der Waals surface area (Å²) >= 11 is 0.